The van der Waals surface area contributed by atoms with E-state index in [9.17, 15) is 9.59 Å². The number of likely N-dealkylation sites (N-methyl/N-ethyl adjacent to an activating group) is 1. The number of hydrogen-bond acceptors (Lipinski definition) is 3. The highest BCUT2D eigenvalue weighted by Gasteiger charge is 2.30. The van der Waals surface area contributed by atoms with Crippen molar-refractivity contribution < 1.29 is 9.59 Å². The zero-order chi connectivity index (χ0) is 17.5. The van der Waals surface area contributed by atoms with Crippen molar-refractivity contribution >= 4 is 11.9 Å². The van der Waals surface area contributed by atoms with Gasteiger partial charge in [-0.2, -0.15) is 5.10 Å². The van der Waals surface area contributed by atoms with Crippen molar-refractivity contribution in [1.82, 2.24) is 24.9 Å². The van der Waals surface area contributed by atoms with Gasteiger partial charge in [0.25, 0.3) is 0 Å². The summed E-state index contributed by atoms with van der Waals surface area (Å²) in [4.78, 5) is 28.4. The first-order valence-corrected chi connectivity index (χ1v) is 8.72. The minimum Gasteiger partial charge on any atom is -0.344 e. The maximum Gasteiger partial charge on any atom is 0.317 e. The van der Waals surface area contributed by atoms with Crippen LogP contribution in [-0.4, -0.2) is 64.7 Å². The number of carbonyl (C=O) groups excluding carboxylic acids is 2. The molecule has 2 rings (SSSR count). The molecule has 1 aromatic rings. The lowest BCUT2D eigenvalue weighted by Gasteiger charge is -2.34. The molecule has 134 valence electrons. The topological polar surface area (TPSA) is 70.5 Å². The van der Waals surface area contributed by atoms with Crippen molar-refractivity contribution in [2.45, 2.75) is 33.2 Å². The van der Waals surface area contributed by atoms with Crippen LogP contribution < -0.4 is 5.32 Å². The van der Waals surface area contributed by atoms with Crippen molar-refractivity contribution in [3.63, 3.8) is 0 Å². The second-order valence-corrected chi connectivity index (χ2v) is 6.89. The van der Waals surface area contributed by atoms with Crippen LogP contribution in [0.15, 0.2) is 18.5 Å². The van der Waals surface area contributed by atoms with Crippen molar-refractivity contribution in [1.29, 1.82) is 0 Å². The maximum atomic E-state index is 12.6. The summed E-state index contributed by atoms with van der Waals surface area (Å²) >= 11 is 0. The summed E-state index contributed by atoms with van der Waals surface area (Å²) in [5.74, 6) is 0.430. The van der Waals surface area contributed by atoms with E-state index in [0.717, 1.165) is 19.4 Å². The van der Waals surface area contributed by atoms with E-state index in [0.29, 0.717) is 32.1 Å². The summed E-state index contributed by atoms with van der Waals surface area (Å²) in [5, 5.41) is 7.08. The fourth-order valence-electron chi connectivity index (χ4n) is 2.87. The third-order valence-electron chi connectivity index (χ3n) is 4.32. The van der Waals surface area contributed by atoms with Gasteiger partial charge >= 0.3 is 6.03 Å². The largest absolute Gasteiger partial charge is 0.344 e. The molecule has 0 unspecified atom stereocenters. The number of nitrogens with one attached hydrogen (secondary N) is 1. The van der Waals surface area contributed by atoms with E-state index in [-0.39, 0.29) is 17.9 Å². The standard InChI is InChI=1S/C17H29N5O2/c1-14(2)12-18-17(24)21-8-4-6-15(13-21)16(23)20(3)10-11-22-9-5-7-19-22/h5,7,9,14-15H,4,6,8,10-13H2,1-3H3,(H,18,24)/t15-/m1/s1. The quantitative estimate of drug-likeness (QED) is 0.855. The molecule has 2 heterocycles. The molecule has 7 heteroatoms. The van der Waals surface area contributed by atoms with Gasteiger partial charge in [0.1, 0.15) is 0 Å². The average molecular weight is 335 g/mol. The molecule has 0 aromatic carbocycles. The second kappa shape index (κ2) is 8.70. The van der Waals surface area contributed by atoms with Gasteiger partial charge in [-0.1, -0.05) is 13.8 Å². The molecule has 0 spiro atoms. The number of hydrogen-bond donors (Lipinski definition) is 1. The molecule has 1 N–H and O–H groups in total. The third-order valence-corrected chi connectivity index (χ3v) is 4.32. The average Bonchev–Trinajstić information content (AvgIpc) is 3.10. The van der Waals surface area contributed by atoms with E-state index in [4.69, 9.17) is 0 Å². The molecule has 1 aliphatic heterocycles. The van der Waals surface area contributed by atoms with E-state index in [2.05, 4.69) is 24.3 Å². The number of likely N-dealkylation sites (tertiary alicyclic amines) is 1. The van der Waals surface area contributed by atoms with Gasteiger partial charge in [-0.15, -0.1) is 0 Å². The molecule has 3 amide bonds. The van der Waals surface area contributed by atoms with Crippen LogP contribution in [0.1, 0.15) is 26.7 Å². The summed E-state index contributed by atoms with van der Waals surface area (Å²) in [6, 6.07) is 1.82. The predicted octanol–water partition coefficient (Wildman–Crippen LogP) is 1.42. The van der Waals surface area contributed by atoms with Gasteiger partial charge in [-0.05, 0) is 24.8 Å². The molecule has 0 radical (unpaired) electrons. The Bertz CT molecular complexity index is 529. The van der Waals surface area contributed by atoms with Gasteiger partial charge in [-0.25, -0.2) is 4.79 Å². The van der Waals surface area contributed by atoms with Crippen LogP contribution >= 0.6 is 0 Å². The van der Waals surface area contributed by atoms with E-state index in [1.165, 1.54) is 0 Å². The van der Waals surface area contributed by atoms with Gasteiger partial charge in [0.05, 0.1) is 12.5 Å². The molecule has 1 fully saturated rings. The number of urea groups is 1. The van der Waals surface area contributed by atoms with E-state index in [1.54, 1.807) is 16.0 Å². The number of piperidine rings is 1. The Labute approximate surface area is 144 Å². The molecule has 0 bridgehead atoms. The van der Waals surface area contributed by atoms with Crippen molar-refractivity contribution in [2.24, 2.45) is 11.8 Å². The van der Waals surface area contributed by atoms with Crippen molar-refractivity contribution in [3.8, 4) is 0 Å². The Morgan fingerprint density at radius 1 is 1.42 bits per heavy atom. The number of aromatic nitrogens is 2. The maximum absolute atomic E-state index is 12.6. The lowest BCUT2D eigenvalue weighted by atomic mass is 9.97. The van der Waals surface area contributed by atoms with Crippen LogP contribution in [-0.2, 0) is 11.3 Å². The smallest absolute Gasteiger partial charge is 0.317 e. The molecule has 0 aliphatic carbocycles. The molecule has 24 heavy (non-hydrogen) atoms. The van der Waals surface area contributed by atoms with Crippen LogP contribution in [0.25, 0.3) is 0 Å². The van der Waals surface area contributed by atoms with Gasteiger partial charge in [0.15, 0.2) is 0 Å². The number of carbonyl (C=O) groups is 2. The monoisotopic (exact) mass is 335 g/mol. The van der Waals surface area contributed by atoms with Gasteiger partial charge < -0.3 is 15.1 Å². The zero-order valence-corrected chi connectivity index (χ0v) is 14.9. The highest BCUT2D eigenvalue weighted by Crippen LogP contribution is 2.18. The fourth-order valence-corrected chi connectivity index (χ4v) is 2.87. The Kier molecular flexibility index (Phi) is 6.63. The number of nitrogens with zero attached hydrogens (tertiary/aromatic N) is 4. The van der Waals surface area contributed by atoms with E-state index < -0.39 is 0 Å². The fraction of sp³-hybridized carbons (Fsp3) is 0.706. The lowest BCUT2D eigenvalue weighted by molar-refractivity contribution is -0.135. The molecule has 0 saturated carbocycles. The first-order valence-electron chi connectivity index (χ1n) is 8.72. The Balaban J connectivity index is 1.81. The van der Waals surface area contributed by atoms with Crippen LogP contribution in [0.4, 0.5) is 4.79 Å². The highest BCUT2D eigenvalue weighted by atomic mass is 16.2. The predicted molar refractivity (Wildman–Crippen MR) is 92.4 cm³/mol. The van der Waals surface area contributed by atoms with Gasteiger partial charge in [-0.3, -0.25) is 9.48 Å². The second-order valence-electron chi connectivity index (χ2n) is 6.89. The van der Waals surface area contributed by atoms with Crippen LogP contribution in [0.2, 0.25) is 0 Å². The minimum absolute atomic E-state index is 0.0552. The Hall–Kier alpha value is -2.05. The summed E-state index contributed by atoms with van der Waals surface area (Å²) < 4.78 is 1.82. The SMILES string of the molecule is CC(C)CNC(=O)N1CCC[C@@H](C(=O)N(C)CCn2cccn2)C1. The molecule has 1 saturated heterocycles. The summed E-state index contributed by atoms with van der Waals surface area (Å²) in [6.45, 7) is 7.34. The van der Waals surface area contributed by atoms with E-state index in [1.807, 2.05) is 24.0 Å². The molecule has 1 aromatic heterocycles. The summed E-state index contributed by atoms with van der Waals surface area (Å²) in [6.07, 6.45) is 5.34. The van der Waals surface area contributed by atoms with Crippen molar-refractivity contribution in [3.05, 3.63) is 18.5 Å². The van der Waals surface area contributed by atoms with Crippen molar-refractivity contribution in [2.75, 3.05) is 33.2 Å². The number of rotatable bonds is 6. The van der Waals surface area contributed by atoms with E-state index >= 15 is 0 Å². The summed E-state index contributed by atoms with van der Waals surface area (Å²) in [7, 11) is 1.82. The molecule has 7 nitrogen and oxygen atoms in total. The minimum atomic E-state index is -0.105. The van der Waals surface area contributed by atoms with Crippen LogP contribution in [0.3, 0.4) is 0 Å². The number of amides is 3. The Morgan fingerprint density at radius 2 is 2.21 bits per heavy atom. The van der Waals surface area contributed by atoms with Gasteiger partial charge in [0.2, 0.25) is 5.91 Å². The van der Waals surface area contributed by atoms with Gasteiger partial charge in [0, 0.05) is 45.6 Å². The highest BCUT2D eigenvalue weighted by molar-refractivity contribution is 5.80. The molecule has 1 atom stereocenters. The molecule has 1 aliphatic rings. The van der Waals surface area contributed by atoms with Crippen LogP contribution in [0, 0.1) is 11.8 Å². The normalized spacial score (nSPS) is 17.8. The first-order chi connectivity index (χ1) is 11.5. The Morgan fingerprint density at radius 3 is 2.88 bits per heavy atom. The third kappa shape index (κ3) is 5.25. The molecular weight excluding hydrogens is 306 g/mol. The first kappa shape index (κ1) is 18.3. The summed E-state index contributed by atoms with van der Waals surface area (Å²) in [5.41, 5.74) is 0. The lowest BCUT2D eigenvalue weighted by Crippen LogP contribution is -2.49. The zero-order valence-electron chi connectivity index (χ0n) is 14.9. The molecular formula is C17H29N5O2. The van der Waals surface area contributed by atoms with Crippen LogP contribution in [0.5, 0.6) is 0 Å².